The minimum atomic E-state index is -5.17. The van der Waals surface area contributed by atoms with Gasteiger partial charge in [-0.3, -0.25) is 4.90 Å². The zero-order chi connectivity index (χ0) is 20.2. The van der Waals surface area contributed by atoms with Gasteiger partial charge in [-0.15, -0.1) is 0 Å². The summed E-state index contributed by atoms with van der Waals surface area (Å²) in [6.07, 6.45) is -11.0. The highest BCUT2D eigenvalue weighted by molar-refractivity contribution is 5.75. The van der Waals surface area contributed by atoms with Crippen molar-refractivity contribution < 1.29 is 40.6 Å². The molecule has 0 radical (unpaired) electrons. The van der Waals surface area contributed by atoms with Gasteiger partial charge >= 0.3 is 18.3 Å². The monoisotopic (exact) mass is 400 g/mol. The summed E-state index contributed by atoms with van der Waals surface area (Å²) in [6, 6.07) is 3.61. The third-order valence-electron chi connectivity index (χ3n) is 4.03. The predicted octanol–water partition coefficient (Wildman–Crippen LogP) is 2.73. The Bertz CT molecular complexity index is 650. The van der Waals surface area contributed by atoms with Crippen LogP contribution in [0.25, 0.3) is 0 Å². The third-order valence-corrected chi connectivity index (χ3v) is 4.03. The second kappa shape index (κ2) is 8.44. The largest absolute Gasteiger partial charge is 0.490 e. The molecule has 2 atom stereocenters. The number of halogens is 6. The Kier molecular flexibility index (Phi) is 6.71. The first-order chi connectivity index (χ1) is 12.5. The van der Waals surface area contributed by atoms with Crippen molar-refractivity contribution >= 4 is 5.97 Å². The van der Waals surface area contributed by atoms with E-state index in [0.717, 1.165) is 12.1 Å². The zero-order valence-corrected chi connectivity index (χ0v) is 14.2. The molecule has 0 saturated carbocycles. The van der Waals surface area contributed by atoms with Gasteiger partial charge in [0.2, 0.25) is 0 Å². The lowest BCUT2D eigenvalue weighted by Gasteiger charge is -2.40. The number of benzene rings is 1. The highest BCUT2D eigenvalue weighted by atomic mass is 19.4. The van der Waals surface area contributed by atoms with Crippen molar-refractivity contribution in [3.8, 4) is 0 Å². The van der Waals surface area contributed by atoms with Crippen LogP contribution < -0.4 is 5.32 Å². The Balaban J connectivity index is 2.31. The van der Waals surface area contributed by atoms with Gasteiger partial charge in [0.05, 0.1) is 18.2 Å². The Morgan fingerprint density at radius 2 is 2.00 bits per heavy atom. The van der Waals surface area contributed by atoms with Gasteiger partial charge in [-0.05, 0) is 17.7 Å². The van der Waals surface area contributed by atoms with E-state index >= 15 is 0 Å². The molecule has 27 heavy (non-hydrogen) atoms. The molecule has 1 aliphatic rings. The third kappa shape index (κ3) is 5.56. The molecule has 0 spiro atoms. The molecule has 11 heteroatoms. The number of carbonyl (C=O) groups excluding carboxylic acids is 1. The molecule has 1 saturated heterocycles. The number of hydrogen-bond acceptors (Lipinski definition) is 5. The summed E-state index contributed by atoms with van der Waals surface area (Å²) >= 11 is 0. The molecular formula is C16H18F6N2O3. The normalized spacial score (nSPS) is 20.3. The van der Waals surface area contributed by atoms with Crippen molar-refractivity contribution in [2.75, 3.05) is 33.4 Å². The van der Waals surface area contributed by atoms with Gasteiger partial charge in [-0.1, -0.05) is 12.1 Å². The summed E-state index contributed by atoms with van der Waals surface area (Å²) in [6.45, 7) is 0.321. The minimum Gasteiger partial charge on any atom is -0.438 e. The number of hydrogen-bond donors (Lipinski definition) is 1. The lowest BCUT2D eigenvalue weighted by molar-refractivity contribution is -0.216. The van der Waals surface area contributed by atoms with Crippen LogP contribution in [0.2, 0.25) is 0 Å². The molecule has 1 aromatic rings. The number of nitrogens with zero attached hydrogens (tertiary/aromatic N) is 1. The first kappa shape index (κ1) is 21.5. The summed E-state index contributed by atoms with van der Waals surface area (Å²) in [4.78, 5) is 12.6. The van der Waals surface area contributed by atoms with Gasteiger partial charge in [-0.25, -0.2) is 4.79 Å². The Labute approximate surface area is 151 Å². The maximum absolute atomic E-state index is 13.0. The molecule has 1 fully saturated rings. The summed E-state index contributed by atoms with van der Waals surface area (Å²) in [5, 5.41) is 2.80. The second-order valence-corrected chi connectivity index (χ2v) is 5.89. The van der Waals surface area contributed by atoms with E-state index in [9.17, 15) is 31.1 Å². The van der Waals surface area contributed by atoms with Crippen LogP contribution in [0, 0.1) is 0 Å². The predicted molar refractivity (Wildman–Crippen MR) is 81.6 cm³/mol. The van der Waals surface area contributed by atoms with Gasteiger partial charge in [0.1, 0.15) is 0 Å². The van der Waals surface area contributed by atoms with E-state index in [1.165, 1.54) is 24.1 Å². The van der Waals surface area contributed by atoms with Gasteiger partial charge in [0.15, 0.2) is 6.23 Å². The number of ether oxygens (including phenoxy) is 2. The van der Waals surface area contributed by atoms with E-state index in [-0.39, 0.29) is 25.3 Å². The summed E-state index contributed by atoms with van der Waals surface area (Å²) < 4.78 is 86.1. The van der Waals surface area contributed by atoms with E-state index in [2.05, 4.69) is 10.1 Å². The van der Waals surface area contributed by atoms with E-state index in [1.807, 2.05) is 0 Å². The summed E-state index contributed by atoms with van der Waals surface area (Å²) in [7, 11) is 1.32. The first-order valence-corrected chi connectivity index (χ1v) is 7.94. The van der Waals surface area contributed by atoms with Gasteiger partial charge in [0.25, 0.3) is 0 Å². The molecule has 0 aromatic heterocycles. The lowest BCUT2D eigenvalue weighted by atomic mass is 10.0. The van der Waals surface area contributed by atoms with Gasteiger partial charge in [-0.2, -0.15) is 26.3 Å². The molecule has 0 aliphatic carbocycles. The molecule has 1 aromatic carbocycles. The van der Waals surface area contributed by atoms with Crippen LogP contribution in [0.5, 0.6) is 0 Å². The second-order valence-electron chi connectivity index (χ2n) is 5.89. The molecule has 1 heterocycles. The van der Waals surface area contributed by atoms with Crippen molar-refractivity contribution in [3.05, 3.63) is 35.4 Å². The van der Waals surface area contributed by atoms with Crippen LogP contribution in [0.1, 0.15) is 17.2 Å². The quantitative estimate of drug-likeness (QED) is 0.609. The zero-order valence-electron chi connectivity index (χ0n) is 14.2. The fourth-order valence-electron chi connectivity index (χ4n) is 2.81. The van der Waals surface area contributed by atoms with Crippen LogP contribution in [-0.2, 0) is 20.4 Å². The number of esters is 1. The molecule has 1 aliphatic heterocycles. The number of nitrogens with one attached hydrogen (secondary N) is 1. The number of alkyl halides is 6. The van der Waals surface area contributed by atoms with E-state index < -0.39 is 36.2 Å². The van der Waals surface area contributed by atoms with Crippen molar-refractivity contribution in [2.24, 2.45) is 0 Å². The number of rotatable bonds is 5. The Morgan fingerprint density at radius 1 is 1.30 bits per heavy atom. The molecule has 5 nitrogen and oxygen atoms in total. The maximum Gasteiger partial charge on any atom is 0.490 e. The fourth-order valence-corrected chi connectivity index (χ4v) is 2.81. The highest BCUT2D eigenvalue weighted by Gasteiger charge is 2.44. The van der Waals surface area contributed by atoms with Crippen LogP contribution in [0.3, 0.4) is 0 Å². The van der Waals surface area contributed by atoms with Crippen molar-refractivity contribution in [2.45, 2.75) is 24.6 Å². The SMILES string of the molecule is COCC(c1cccc(C(F)(F)F)c1)N1CCNCC1OC(=O)C(F)(F)F. The average molecular weight is 400 g/mol. The van der Waals surface area contributed by atoms with Crippen LogP contribution in [-0.4, -0.2) is 56.6 Å². The highest BCUT2D eigenvalue weighted by Crippen LogP contribution is 2.33. The topological polar surface area (TPSA) is 50.8 Å². The smallest absolute Gasteiger partial charge is 0.438 e. The average Bonchev–Trinajstić information content (AvgIpc) is 2.59. The first-order valence-electron chi connectivity index (χ1n) is 7.94. The van der Waals surface area contributed by atoms with E-state index in [1.54, 1.807) is 0 Å². The lowest BCUT2D eigenvalue weighted by Crippen LogP contribution is -2.55. The fraction of sp³-hybridized carbons (Fsp3) is 0.562. The molecule has 2 rings (SSSR count). The van der Waals surface area contributed by atoms with Gasteiger partial charge in [0, 0.05) is 26.7 Å². The van der Waals surface area contributed by atoms with Crippen molar-refractivity contribution in [3.63, 3.8) is 0 Å². The van der Waals surface area contributed by atoms with E-state index in [0.29, 0.717) is 6.54 Å². The van der Waals surface area contributed by atoms with E-state index in [4.69, 9.17) is 4.74 Å². The summed E-state index contributed by atoms with van der Waals surface area (Å²) in [5.74, 6) is -2.36. The molecular weight excluding hydrogens is 382 g/mol. The molecule has 2 unspecified atom stereocenters. The molecule has 1 N–H and O–H groups in total. The minimum absolute atomic E-state index is 0.0959. The molecule has 0 amide bonds. The summed E-state index contributed by atoms with van der Waals surface area (Å²) in [5.41, 5.74) is -0.693. The Morgan fingerprint density at radius 3 is 2.59 bits per heavy atom. The molecule has 152 valence electrons. The number of carbonyl (C=O) groups is 1. The number of piperazine rings is 1. The van der Waals surface area contributed by atoms with Crippen molar-refractivity contribution in [1.29, 1.82) is 0 Å². The van der Waals surface area contributed by atoms with Crippen LogP contribution >= 0.6 is 0 Å². The molecule has 0 bridgehead atoms. The Hall–Kier alpha value is -1.85. The number of methoxy groups -OCH3 is 1. The van der Waals surface area contributed by atoms with Crippen LogP contribution in [0.15, 0.2) is 24.3 Å². The van der Waals surface area contributed by atoms with Crippen LogP contribution in [0.4, 0.5) is 26.3 Å². The van der Waals surface area contributed by atoms with Crippen molar-refractivity contribution in [1.82, 2.24) is 10.2 Å². The maximum atomic E-state index is 13.0. The standard InChI is InChI=1S/C16H18F6N2O3/c1-26-9-12(10-3-2-4-11(7-10)15(17,18)19)24-6-5-23-8-13(24)27-14(25)16(20,21)22/h2-4,7,12-13,23H,5-6,8-9H2,1H3. The van der Waals surface area contributed by atoms with Gasteiger partial charge < -0.3 is 14.8 Å².